The summed E-state index contributed by atoms with van der Waals surface area (Å²) in [5.74, 6) is 4.95. The summed E-state index contributed by atoms with van der Waals surface area (Å²) in [4.78, 5) is 0. The van der Waals surface area contributed by atoms with Gasteiger partial charge in [0.1, 0.15) is 0 Å². The monoisotopic (exact) mass is 400 g/mol. The minimum atomic E-state index is -0.107. The van der Waals surface area contributed by atoms with Crippen molar-refractivity contribution in [1.29, 1.82) is 0 Å². The Labute approximate surface area is 177 Å². The van der Waals surface area contributed by atoms with Crippen molar-refractivity contribution in [3.05, 3.63) is 29.1 Å². The van der Waals surface area contributed by atoms with Crippen LogP contribution in [0.3, 0.4) is 0 Å². The second-order valence-electron chi connectivity index (χ2n) is 10.3. The fourth-order valence-corrected chi connectivity index (χ4v) is 6.95. The predicted molar refractivity (Wildman–Crippen MR) is 119 cm³/mol. The van der Waals surface area contributed by atoms with Crippen LogP contribution in [-0.2, 0) is 12.8 Å². The summed E-state index contributed by atoms with van der Waals surface area (Å²) >= 11 is 0. The first-order chi connectivity index (χ1) is 14.2. The average Bonchev–Trinajstić information content (AvgIpc) is 2.76. The van der Waals surface area contributed by atoms with Gasteiger partial charge in [0, 0.05) is 0 Å². The number of ether oxygens (including phenoxy) is 1. The van der Waals surface area contributed by atoms with Crippen LogP contribution in [0.4, 0.5) is 4.39 Å². The molecule has 2 heteroatoms. The third kappa shape index (κ3) is 4.83. The van der Waals surface area contributed by atoms with Crippen LogP contribution in [0.5, 0.6) is 5.75 Å². The van der Waals surface area contributed by atoms with Crippen molar-refractivity contribution in [1.82, 2.24) is 0 Å². The van der Waals surface area contributed by atoms with Crippen LogP contribution in [0, 0.1) is 35.4 Å². The lowest BCUT2D eigenvalue weighted by molar-refractivity contribution is 0.0688. The van der Waals surface area contributed by atoms with Gasteiger partial charge in [0.05, 0.1) is 7.11 Å². The summed E-state index contributed by atoms with van der Waals surface area (Å²) in [5.41, 5.74) is 2.18. The lowest BCUT2D eigenvalue weighted by atomic mass is 9.61. The molecule has 0 amide bonds. The van der Waals surface area contributed by atoms with Gasteiger partial charge in [0.2, 0.25) is 0 Å². The summed E-state index contributed by atoms with van der Waals surface area (Å²) in [7, 11) is 1.56. The van der Waals surface area contributed by atoms with Crippen LogP contribution in [0.2, 0.25) is 0 Å². The molecule has 1 aromatic carbocycles. The summed E-state index contributed by atoms with van der Waals surface area (Å²) in [6, 6.07) is 3.95. The number of hydrogen-bond donors (Lipinski definition) is 0. The van der Waals surface area contributed by atoms with Crippen molar-refractivity contribution < 1.29 is 9.13 Å². The van der Waals surface area contributed by atoms with E-state index in [-0.39, 0.29) is 5.82 Å². The highest BCUT2D eigenvalue weighted by molar-refractivity contribution is 5.39. The Morgan fingerprint density at radius 1 is 0.897 bits per heavy atom. The van der Waals surface area contributed by atoms with E-state index in [1.165, 1.54) is 82.6 Å². The summed E-state index contributed by atoms with van der Waals surface area (Å²) in [6.45, 7) is 2.31. The lowest BCUT2D eigenvalue weighted by Crippen LogP contribution is -2.35. The molecule has 0 saturated heterocycles. The smallest absolute Gasteiger partial charge is 0.168 e. The van der Waals surface area contributed by atoms with Crippen molar-refractivity contribution >= 4 is 0 Å². The van der Waals surface area contributed by atoms with Gasteiger partial charge in [-0.25, -0.2) is 4.39 Å². The molecule has 0 radical (unpaired) electrons. The second kappa shape index (κ2) is 9.84. The number of methoxy groups -OCH3 is 1. The van der Waals surface area contributed by atoms with Gasteiger partial charge in [-0.15, -0.1) is 0 Å². The highest BCUT2D eigenvalue weighted by atomic mass is 19.1. The van der Waals surface area contributed by atoms with Crippen molar-refractivity contribution in [2.75, 3.05) is 7.11 Å². The molecule has 0 heterocycles. The fourth-order valence-electron chi connectivity index (χ4n) is 6.95. The van der Waals surface area contributed by atoms with E-state index in [1.54, 1.807) is 7.11 Å². The number of fused-ring (bicyclic) bond motifs is 2. The molecule has 0 aliphatic heterocycles. The van der Waals surface area contributed by atoms with E-state index in [1.807, 2.05) is 6.07 Å². The standard InChI is InChI=1S/C27H41FO/c1-3-4-5-6-7-19-8-9-21-17-22(11-10-20(21)16-19)23-12-14-25-24(18-23)13-15-26(29-2)27(25)28/h13,15,19-23H,3-12,14,16-18H2,1-2H3. The zero-order chi connectivity index (χ0) is 20.2. The number of rotatable bonds is 7. The molecule has 162 valence electrons. The molecule has 1 aromatic rings. The highest BCUT2D eigenvalue weighted by Crippen LogP contribution is 2.49. The maximum Gasteiger partial charge on any atom is 0.168 e. The molecule has 5 atom stereocenters. The Kier molecular flexibility index (Phi) is 7.19. The van der Waals surface area contributed by atoms with E-state index in [0.29, 0.717) is 5.75 Å². The van der Waals surface area contributed by atoms with E-state index in [2.05, 4.69) is 13.0 Å². The highest BCUT2D eigenvalue weighted by Gasteiger charge is 2.38. The second-order valence-corrected chi connectivity index (χ2v) is 10.3. The predicted octanol–water partition coefficient (Wildman–Crippen LogP) is 7.74. The maximum atomic E-state index is 14.6. The van der Waals surface area contributed by atoms with Crippen LogP contribution < -0.4 is 4.74 Å². The first-order valence-corrected chi connectivity index (χ1v) is 12.5. The van der Waals surface area contributed by atoms with E-state index in [4.69, 9.17) is 4.74 Å². The fraction of sp³-hybridized carbons (Fsp3) is 0.778. The number of benzene rings is 1. The SMILES string of the molecule is CCCCCCC1CCC2CC(C3CCc4c(ccc(OC)c4F)C3)CCC2C1. The third-order valence-electron chi connectivity index (χ3n) is 8.67. The van der Waals surface area contributed by atoms with E-state index in [0.717, 1.165) is 48.0 Å². The Morgan fingerprint density at radius 3 is 2.45 bits per heavy atom. The molecule has 1 nitrogen and oxygen atoms in total. The Hall–Kier alpha value is -1.05. The van der Waals surface area contributed by atoms with E-state index < -0.39 is 0 Å². The topological polar surface area (TPSA) is 9.23 Å². The first kappa shape index (κ1) is 21.2. The van der Waals surface area contributed by atoms with Crippen LogP contribution >= 0.6 is 0 Å². The van der Waals surface area contributed by atoms with Crippen LogP contribution in [0.15, 0.2) is 12.1 Å². The molecule has 4 rings (SSSR count). The Bertz CT molecular complexity index is 669. The first-order valence-electron chi connectivity index (χ1n) is 12.5. The maximum absolute atomic E-state index is 14.6. The van der Waals surface area contributed by atoms with Gasteiger partial charge in [-0.2, -0.15) is 0 Å². The van der Waals surface area contributed by atoms with Gasteiger partial charge in [-0.1, -0.05) is 51.5 Å². The third-order valence-corrected chi connectivity index (χ3v) is 8.67. The minimum Gasteiger partial charge on any atom is -0.494 e. The molecule has 3 aliphatic rings. The summed E-state index contributed by atoms with van der Waals surface area (Å²) in [6.07, 6.45) is 19.1. The van der Waals surface area contributed by atoms with E-state index >= 15 is 0 Å². The van der Waals surface area contributed by atoms with Gasteiger partial charge in [0.15, 0.2) is 11.6 Å². The molecular weight excluding hydrogens is 359 g/mol. The van der Waals surface area contributed by atoms with Crippen LogP contribution in [0.25, 0.3) is 0 Å². The van der Waals surface area contributed by atoms with E-state index in [9.17, 15) is 4.39 Å². The molecule has 2 fully saturated rings. The number of halogens is 1. The van der Waals surface area contributed by atoms with Gasteiger partial charge in [0.25, 0.3) is 0 Å². The normalized spacial score (nSPS) is 31.8. The van der Waals surface area contributed by atoms with Crippen LogP contribution in [0.1, 0.15) is 95.1 Å². The average molecular weight is 401 g/mol. The molecule has 0 N–H and O–H groups in total. The molecule has 0 spiro atoms. The van der Waals surface area contributed by atoms with Gasteiger partial charge in [-0.3, -0.25) is 0 Å². The molecule has 2 saturated carbocycles. The lowest BCUT2D eigenvalue weighted by Gasteiger charge is -2.45. The number of hydrogen-bond acceptors (Lipinski definition) is 1. The largest absolute Gasteiger partial charge is 0.494 e. The van der Waals surface area contributed by atoms with Crippen molar-refractivity contribution in [2.24, 2.45) is 29.6 Å². The molecule has 0 aromatic heterocycles. The summed E-state index contributed by atoms with van der Waals surface area (Å²) in [5, 5.41) is 0. The van der Waals surface area contributed by atoms with Gasteiger partial charge < -0.3 is 4.74 Å². The van der Waals surface area contributed by atoms with Gasteiger partial charge in [-0.05, 0) is 98.1 Å². The zero-order valence-electron chi connectivity index (χ0n) is 18.7. The minimum absolute atomic E-state index is 0.107. The Balaban J connectivity index is 1.29. The zero-order valence-corrected chi connectivity index (χ0v) is 18.7. The van der Waals surface area contributed by atoms with Crippen molar-refractivity contribution in [3.8, 4) is 5.75 Å². The quantitative estimate of drug-likeness (QED) is 0.425. The van der Waals surface area contributed by atoms with Crippen LogP contribution in [-0.4, -0.2) is 7.11 Å². The molecular formula is C27H41FO. The van der Waals surface area contributed by atoms with Crippen molar-refractivity contribution in [2.45, 2.75) is 96.8 Å². The summed E-state index contributed by atoms with van der Waals surface area (Å²) < 4.78 is 19.8. The number of unbranched alkanes of at least 4 members (excludes halogenated alkanes) is 3. The van der Waals surface area contributed by atoms with Gasteiger partial charge >= 0.3 is 0 Å². The molecule has 0 bridgehead atoms. The molecule has 29 heavy (non-hydrogen) atoms. The molecule has 5 unspecified atom stereocenters. The molecule has 3 aliphatic carbocycles. The Morgan fingerprint density at radius 2 is 1.66 bits per heavy atom. The van der Waals surface area contributed by atoms with Crippen molar-refractivity contribution in [3.63, 3.8) is 0 Å².